The molecule has 2 aromatic carbocycles. The lowest BCUT2D eigenvalue weighted by Crippen LogP contribution is -2.04. The van der Waals surface area contributed by atoms with Crippen LogP contribution in [0.4, 0.5) is 4.39 Å². The number of nitrogens with zero attached hydrogens (tertiary/aromatic N) is 3. The third-order valence-corrected chi connectivity index (χ3v) is 3.52. The van der Waals surface area contributed by atoms with Gasteiger partial charge in [0.25, 0.3) is 5.89 Å². The fourth-order valence-electron chi connectivity index (χ4n) is 2.20. The third-order valence-electron chi connectivity index (χ3n) is 3.52. The van der Waals surface area contributed by atoms with Gasteiger partial charge in [-0.25, -0.2) is 4.39 Å². The highest BCUT2D eigenvalue weighted by Gasteiger charge is 2.18. The normalized spacial score (nSPS) is 11.8. The molecule has 0 aliphatic heterocycles. The quantitative estimate of drug-likeness (QED) is 0.719. The molecule has 3 aromatic rings. The first kappa shape index (κ1) is 15.7. The van der Waals surface area contributed by atoms with Gasteiger partial charge in [-0.1, -0.05) is 17.3 Å². The van der Waals surface area contributed by atoms with Gasteiger partial charge in [0.2, 0.25) is 5.82 Å². The summed E-state index contributed by atoms with van der Waals surface area (Å²) >= 11 is 0. The van der Waals surface area contributed by atoms with E-state index < -0.39 is 6.10 Å². The van der Waals surface area contributed by atoms with Gasteiger partial charge in [-0.15, -0.1) is 0 Å². The summed E-state index contributed by atoms with van der Waals surface area (Å²) in [5, 5.41) is 13.0. The standard InChI is InChI=1S/C18H14FN3O2/c1-11-9-13(7-8-15(11)19)17-21-18(24-22-17)12(2)23-16-6-4-3-5-14(16)10-20/h3-9,12H,1-2H3. The zero-order valence-corrected chi connectivity index (χ0v) is 13.2. The third kappa shape index (κ3) is 3.10. The Balaban J connectivity index is 1.82. The second-order valence-electron chi connectivity index (χ2n) is 5.29. The monoisotopic (exact) mass is 323 g/mol. The largest absolute Gasteiger partial charge is 0.479 e. The SMILES string of the molecule is Cc1cc(-c2noc(C(C)Oc3ccccc3C#N)n2)ccc1F. The number of aryl methyl sites for hydroxylation is 1. The number of halogens is 1. The van der Waals surface area contributed by atoms with E-state index in [1.54, 1.807) is 50.2 Å². The van der Waals surface area contributed by atoms with Crippen molar-refractivity contribution in [2.75, 3.05) is 0 Å². The first-order valence-corrected chi connectivity index (χ1v) is 7.34. The summed E-state index contributed by atoms with van der Waals surface area (Å²) in [6, 6.07) is 13.6. The topological polar surface area (TPSA) is 71.9 Å². The molecule has 1 unspecified atom stereocenters. The molecule has 1 atom stereocenters. The molecule has 5 nitrogen and oxygen atoms in total. The van der Waals surface area contributed by atoms with E-state index in [1.807, 2.05) is 0 Å². The summed E-state index contributed by atoms with van der Waals surface area (Å²) in [4.78, 5) is 4.29. The number of hydrogen-bond donors (Lipinski definition) is 0. The van der Waals surface area contributed by atoms with E-state index in [9.17, 15) is 4.39 Å². The van der Waals surface area contributed by atoms with Gasteiger partial charge in [-0.3, -0.25) is 0 Å². The van der Waals surface area contributed by atoms with Gasteiger partial charge in [0.05, 0.1) is 5.56 Å². The number of aromatic nitrogens is 2. The van der Waals surface area contributed by atoms with E-state index in [-0.39, 0.29) is 11.7 Å². The summed E-state index contributed by atoms with van der Waals surface area (Å²) in [5.74, 6) is 0.800. The van der Waals surface area contributed by atoms with Crippen LogP contribution in [0.15, 0.2) is 47.0 Å². The lowest BCUT2D eigenvalue weighted by molar-refractivity contribution is 0.175. The summed E-state index contributed by atoms with van der Waals surface area (Å²) in [6.07, 6.45) is -0.526. The number of hydrogen-bond acceptors (Lipinski definition) is 5. The zero-order chi connectivity index (χ0) is 17.1. The van der Waals surface area contributed by atoms with Crippen LogP contribution in [0.5, 0.6) is 5.75 Å². The van der Waals surface area contributed by atoms with Crippen molar-refractivity contribution in [1.29, 1.82) is 5.26 Å². The van der Waals surface area contributed by atoms with Crippen LogP contribution >= 0.6 is 0 Å². The minimum absolute atomic E-state index is 0.278. The van der Waals surface area contributed by atoms with Gasteiger partial charge < -0.3 is 9.26 Å². The van der Waals surface area contributed by atoms with Gasteiger partial charge in [0.1, 0.15) is 17.6 Å². The van der Waals surface area contributed by atoms with E-state index >= 15 is 0 Å². The summed E-state index contributed by atoms with van der Waals surface area (Å²) < 4.78 is 24.3. The van der Waals surface area contributed by atoms with Gasteiger partial charge in [0.15, 0.2) is 6.10 Å². The number of rotatable bonds is 4. The molecule has 0 amide bonds. The van der Waals surface area contributed by atoms with Gasteiger partial charge in [-0.05, 0) is 49.7 Å². The van der Waals surface area contributed by atoms with Crippen LogP contribution in [0.2, 0.25) is 0 Å². The Hall–Kier alpha value is -3.20. The molecule has 1 aromatic heterocycles. The average Bonchev–Trinajstić information content (AvgIpc) is 3.08. The fourth-order valence-corrected chi connectivity index (χ4v) is 2.20. The molecule has 0 bridgehead atoms. The van der Waals surface area contributed by atoms with Crippen molar-refractivity contribution in [2.24, 2.45) is 0 Å². The number of nitriles is 1. The molecule has 120 valence electrons. The Bertz CT molecular complexity index is 915. The number of ether oxygens (including phenoxy) is 1. The molecule has 24 heavy (non-hydrogen) atoms. The van der Waals surface area contributed by atoms with E-state index in [0.29, 0.717) is 28.3 Å². The Morgan fingerprint density at radius 2 is 2.04 bits per heavy atom. The van der Waals surface area contributed by atoms with Gasteiger partial charge >= 0.3 is 0 Å². The predicted molar refractivity (Wildman–Crippen MR) is 84.6 cm³/mol. The van der Waals surface area contributed by atoms with Crippen molar-refractivity contribution in [3.63, 3.8) is 0 Å². The number of benzene rings is 2. The molecule has 0 aliphatic carbocycles. The Kier molecular flexibility index (Phi) is 4.25. The molecule has 1 heterocycles. The van der Waals surface area contributed by atoms with Crippen LogP contribution in [-0.4, -0.2) is 10.1 Å². The minimum Gasteiger partial charge on any atom is -0.479 e. The average molecular weight is 323 g/mol. The Morgan fingerprint density at radius 3 is 2.79 bits per heavy atom. The second-order valence-corrected chi connectivity index (χ2v) is 5.29. The van der Waals surface area contributed by atoms with Crippen LogP contribution in [0, 0.1) is 24.1 Å². The van der Waals surface area contributed by atoms with Crippen molar-refractivity contribution in [3.05, 3.63) is 65.3 Å². The Labute approximate surface area is 138 Å². The maximum atomic E-state index is 13.4. The van der Waals surface area contributed by atoms with E-state index in [4.69, 9.17) is 14.5 Å². The highest BCUT2D eigenvalue weighted by Crippen LogP contribution is 2.26. The van der Waals surface area contributed by atoms with E-state index in [1.165, 1.54) is 6.07 Å². The molecule has 0 aliphatic rings. The molecule has 0 fully saturated rings. The fraction of sp³-hybridized carbons (Fsp3) is 0.167. The molecule has 6 heteroatoms. The first-order chi connectivity index (χ1) is 11.6. The minimum atomic E-state index is -0.526. The zero-order valence-electron chi connectivity index (χ0n) is 13.2. The summed E-state index contributed by atoms with van der Waals surface area (Å²) in [6.45, 7) is 3.42. The van der Waals surface area contributed by atoms with Crippen molar-refractivity contribution in [1.82, 2.24) is 10.1 Å². The summed E-state index contributed by atoms with van der Waals surface area (Å²) in [7, 11) is 0. The maximum absolute atomic E-state index is 13.4. The van der Waals surface area contributed by atoms with Crippen LogP contribution in [0.1, 0.15) is 30.0 Å². The van der Waals surface area contributed by atoms with Gasteiger partial charge in [-0.2, -0.15) is 10.2 Å². The van der Waals surface area contributed by atoms with E-state index in [0.717, 1.165) is 0 Å². The lowest BCUT2D eigenvalue weighted by atomic mass is 10.1. The highest BCUT2D eigenvalue weighted by molar-refractivity contribution is 5.55. The van der Waals surface area contributed by atoms with Crippen LogP contribution in [0.25, 0.3) is 11.4 Å². The van der Waals surface area contributed by atoms with Crippen molar-refractivity contribution in [2.45, 2.75) is 20.0 Å². The molecule has 0 spiro atoms. The molecule has 3 rings (SSSR count). The van der Waals surface area contributed by atoms with Gasteiger partial charge in [0, 0.05) is 5.56 Å². The second kappa shape index (κ2) is 6.50. The maximum Gasteiger partial charge on any atom is 0.267 e. The van der Waals surface area contributed by atoms with Crippen molar-refractivity contribution >= 4 is 0 Å². The molecule has 0 N–H and O–H groups in total. The highest BCUT2D eigenvalue weighted by atomic mass is 19.1. The van der Waals surface area contributed by atoms with Crippen LogP contribution < -0.4 is 4.74 Å². The Morgan fingerprint density at radius 1 is 1.25 bits per heavy atom. The molecule has 0 radical (unpaired) electrons. The molecule has 0 saturated carbocycles. The van der Waals surface area contributed by atoms with Crippen molar-refractivity contribution in [3.8, 4) is 23.2 Å². The molecule has 0 saturated heterocycles. The smallest absolute Gasteiger partial charge is 0.267 e. The first-order valence-electron chi connectivity index (χ1n) is 7.34. The van der Waals surface area contributed by atoms with Crippen LogP contribution in [-0.2, 0) is 0 Å². The predicted octanol–water partition coefficient (Wildman–Crippen LogP) is 4.20. The number of para-hydroxylation sites is 1. The van der Waals surface area contributed by atoms with Crippen LogP contribution in [0.3, 0.4) is 0 Å². The molecular formula is C18H14FN3O2. The molecular weight excluding hydrogens is 309 g/mol. The van der Waals surface area contributed by atoms with E-state index in [2.05, 4.69) is 16.2 Å². The lowest BCUT2D eigenvalue weighted by Gasteiger charge is -2.11. The van der Waals surface area contributed by atoms with Crippen molar-refractivity contribution < 1.29 is 13.7 Å². The summed E-state index contributed by atoms with van der Waals surface area (Å²) in [5.41, 5.74) is 1.60.